The second-order valence-corrected chi connectivity index (χ2v) is 2.97. The molecule has 10 heavy (non-hydrogen) atoms. The molecule has 0 saturated heterocycles. The van der Waals surface area contributed by atoms with Crippen molar-refractivity contribution in [2.24, 2.45) is 5.92 Å². The zero-order valence-electron chi connectivity index (χ0n) is 7.14. The predicted octanol–water partition coefficient (Wildman–Crippen LogP) is 3.55. The summed E-state index contributed by atoms with van der Waals surface area (Å²) < 4.78 is 0. The van der Waals surface area contributed by atoms with Crippen LogP contribution in [0, 0.1) is 5.92 Å². The minimum Gasteiger partial charge on any atom is -0.103 e. The van der Waals surface area contributed by atoms with Gasteiger partial charge in [0.25, 0.3) is 0 Å². The SMILES string of the molecule is C=CCC/C=C/CC(C)C. The zero-order valence-corrected chi connectivity index (χ0v) is 7.14. The van der Waals surface area contributed by atoms with Crippen molar-refractivity contribution >= 4 is 0 Å². The molecule has 0 aromatic carbocycles. The Hall–Kier alpha value is -0.520. The Morgan fingerprint density at radius 1 is 1.20 bits per heavy atom. The highest BCUT2D eigenvalue weighted by molar-refractivity contribution is 4.84. The molecule has 0 amide bonds. The van der Waals surface area contributed by atoms with E-state index >= 15 is 0 Å². The van der Waals surface area contributed by atoms with Crippen LogP contribution in [-0.2, 0) is 0 Å². The summed E-state index contributed by atoms with van der Waals surface area (Å²) >= 11 is 0. The molecule has 0 heterocycles. The number of allylic oxidation sites excluding steroid dienone is 3. The number of hydrogen-bond acceptors (Lipinski definition) is 0. The average Bonchev–Trinajstić information content (AvgIpc) is 1.87. The fourth-order valence-corrected chi connectivity index (χ4v) is 0.700. The maximum absolute atomic E-state index is 3.66. The largest absolute Gasteiger partial charge is 0.103 e. The summed E-state index contributed by atoms with van der Waals surface area (Å²) in [6.45, 7) is 8.13. The molecule has 0 aliphatic carbocycles. The Balaban J connectivity index is 3.11. The van der Waals surface area contributed by atoms with E-state index in [1.807, 2.05) is 6.08 Å². The van der Waals surface area contributed by atoms with E-state index in [1.54, 1.807) is 0 Å². The van der Waals surface area contributed by atoms with Gasteiger partial charge in [-0.1, -0.05) is 32.1 Å². The van der Waals surface area contributed by atoms with Crippen LogP contribution in [-0.4, -0.2) is 0 Å². The molecule has 0 aliphatic heterocycles. The number of hydrogen-bond donors (Lipinski definition) is 0. The van der Waals surface area contributed by atoms with Crippen LogP contribution < -0.4 is 0 Å². The van der Waals surface area contributed by atoms with E-state index < -0.39 is 0 Å². The molecular weight excluding hydrogens is 120 g/mol. The zero-order chi connectivity index (χ0) is 7.82. The van der Waals surface area contributed by atoms with Crippen molar-refractivity contribution in [3.05, 3.63) is 24.8 Å². The molecule has 0 aromatic rings. The van der Waals surface area contributed by atoms with Gasteiger partial charge < -0.3 is 0 Å². The van der Waals surface area contributed by atoms with Crippen LogP contribution >= 0.6 is 0 Å². The lowest BCUT2D eigenvalue weighted by molar-refractivity contribution is 0.662. The monoisotopic (exact) mass is 138 g/mol. The molecule has 0 aliphatic rings. The van der Waals surface area contributed by atoms with Gasteiger partial charge in [0.15, 0.2) is 0 Å². The molecule has 0 unspecified atom stereocenters. The standard InChI is InChI=1S/C10H18/c1-4-5-6-7-8-9-10(2)3/h4,7-8,10H,1,5-6,9H2,2-3H3/b8-7+. The van der Waals surface area contributed by atoms with Crippen molar-refractivity contribution in [2.45, 2.75) is 33.1 Å². The third-order valence-electron chi connectivity index (χ3n) is 1.31. The van der Waals surface area contributed by atoms with E-state index in [2.05, 4.69) is 32.6 Å². The fraction of sp³-hybridized carbons (Fsp3) is 0.600. The van der Waals surface area contributed by atoms with Crippen LogP contribution in [0.15, 0.2) is 24.8 Å². The second-order valence-electron chi connectivity index (χ2n) is 2.97. The van der Waals surface area contributed by atoms with Crippen molar-refractivity contribution < 1.29 is 0 Å². The number of unbranched alkanes of at least 4 members (excludes halogenated alkanes) is 1. The molecule has 0 fully saturated rings. The molecule has 0 nitrogen and oxygen atoms in total. The lowest BCUT2D eigenvalue weighted by Crippen LogP contribution is -1.80. The maximum Gasteiger partial charge on any atom is -0.0316 e. The van der Waals surface area contributed by atoms with Crippen LogP contribution in [0.3, 0.4) is 0 Å². The minimum absolute atomic E-state index is 0.792. The molecule has 0 aromatic heterocycles. The quantitative estimate of drug-likeness (QED) is 0.402. The average molecular weight is 138 g/mol. The first kappa shape index (κ1) is 9.48. The summed E-state index contributed by atoms with van der Waals surface area (Å²) in [5.74, 6) is 0.792. The van der Waals surface area contributed by atoms with Crippen LogP contribution in [0.5, 0.6) is 0 Å². The maximum atomic E-state index is 3.66. The van der Waals surface area contributed by atoms with Gasteiger partial charge in [-0.3, -0.25) is 0 Å². The van der Waals surface area contributed by atoms with Gasteiger partial charge in [0.2, 0.25) is 0 Å². The van der Waals surface area contributed by atoms with E-state index in [4.69, 9.17) is 0 Å². The van der Waals surface area contributed by atoms with Crippen LogP contribution in [0.2, 0.25) is 0 Å². The third kappa shape index (κ3) is 7.48. The highest BCUT2D eigenvalue weighted by atomic mass is 13.9. The van der Waals surface area contributed by atoms with E-state index in [0.717, 1.165) is 18.8 Å². The van der Waals surface area contributed by atoms with Gasteiger partial charge in [-0.25, -0.2) is 0 Å². The molecule has 0 heteroatoms. The van der Waals surface area contributed by atoms with Gasteiger partial charge in [-0.15, -0.1) is 6.58 Å². The van der Waals surface area contributed by atoms with E-state index in [9.17, 15) is 0 Å². The van der Waals surface area contributed by atoms with E-state index in [0.29, 0.717) is 0 Å². The Bertz CT molecular complexity index is 98.6. The lowest BCUT2D eigenvalue weighted by atomic mass is 10.1. The summed E-state index contributed by atoms with van der Waals surface area (Å²) in [6, 6.07) is 0. The number of rotatable bonds is 5. The topological polar surface area (TPSA) is 0 Å². The molecule has 58 valence electrons. The smallest absolute Gasteiger partial charge is 0.0316 e. The molecule has 0 rings (SSSR count). The predicted molar refractivity (Wildman–Crippen MR) is 48.0 cm³/mol. The van der Waals surface area contributed by atoms with Crippen LogP contribution in [0.25, 0.3) is 0 Å². The summed E-state index contributed by atoms with van der Waals surface area (Å²) in [5, 5.41) is 0. The first-order valence-electron chi connectivity index (χ1n) is 4.03. The van der Waals surface area contributed by atoms with E-state index in [-0.39, 0.29) is 0 Å². The third-order valence-corrected chi connectivity index (χ3v) is 1.31. The van der Waals surface area contributed by atoms with Crippen molar-refractivity contribution in [3.63, 3.8) is 0 Å². The molecular formula is C10H18. The van der Waals surface area contributed by atoms with Gasteiger partial charge in [0, 0.05) is 0 Å². The van der Waals surface area contributed by atoms with Gasteiger partial charge >= 0.3 is 0 Å². The summed E-state index contributed by atoms with van der Waals surface area (Å²) in [4.78, 5) is 0. The molecule has 0 bridgehead atoms. The first-order valence-corrected chi connectivity index (χ1v) is 4.03. The van der Waals surface area contributed by atoms with Gasteiger partial charge in [-0.2, -0.15) is 0 Å². The normalized spacial score (nSPS) is 11.1. The lowest BCUT2D eigenvalue weighted by Gasteiger charge is -1.95. The summed E-state index contributed by atoms with van der Waals surface area (Å²) in [5.41, 5.74) is 0. The fourth-order valence-electron chi connectivity index (χ4n) is 0.700. The van der Waals surface area contributed by atoms with Gasteiger partial charge in [0.1, 0.15) is 0 Å². The molecule has 0 spiro atoms. The van der Waals surface area contributed by atoms with Crippen LogP contribution in [0.4, 0.5) is 0 Å². The Kier molecular flexibility index (Phi) is 6.25. The summed E-state index contributed by atoms with van der Waals surface area (Å²) in [7, 11) is 0. The highest BCUT2D eigenvalue weighted by Gasteiger charge is 1.85. The molecule has 0 N–H and O–H groups in total. The van der Waals surface area contributed by atoms with Gasteiger partial charge in [0.05, 0.1) is 0 Å². The first-order chi connectivity index (χ1) is 4.77. The Morgan fingerprint density at radius 2 is 1.90 bits per heavy atom. The highest BCUT2D eigenvalue weighted by Crippen LogP contribution is 2.01. The van der Waals surface area contributed by atoms with Crippen molar-refractivity contribution in [1.29, 1.82) is 0 Å². The molecule has 0 saturated carbocycles. The van der Waals surface area contributed by atoms with Crippen LogP contribution in [0.1, 0.15) is 33.1 Å². The summed E-state index contributed by atoms with van der Waals surface area (Å²) in [6.07, 6.45) is 9.91. The van der Waals surface area contributed by atoms with Gasteiger partial charge in [-0.05, 0) is 25.2 Å². The Labute approximate surface area is 64.6 Å². The molecule has 0 atom stereocenters. The van der Waals surface area contributed by atoms with Crippen molar-refractivity contribution in [3.8, 4) is 0 Å². The molecule has 0 radical (unpaired) electrons. The van der Waals surface area contributed by atoms with Crippen molar-refractivity contribution in [1.82, 2.24) is 0 Å². The minimum atomic E-state index is 0.792. The van der Waals surface area contributed by atoms with Crippen molar-refractivity contribution in [2.75, 3.05) is 0 Å². The second kappa shape index (κ2) is 6.60. The van der Waals surface area contributed by atoms with E-state index in [1.165, 1.54) is 6.42 Å². The Morgan fingerprint density at radius 3 is 2.40 bits per heavy atom.